The van der Waals surface area contributed by atoms with E-state index >= 15 is 0 Å². The number of carbonyl (C=O) groups excluding carboxylic acids is 1. The number of halogens is 5. The zero-order chi connectivity index (χ0) is 31.5. The summed E-state index contributed by atoms with van der Waals surface area (Å²) >= 11 is 0. The number of carbonyl (C=O) groups is 1. The van der Waals surface area contributed by atoms with Crippen molar-refractivity contribution in [1.82, 2.24) is 20.1 Å². The third-order valence-corrected chi connectivity index (χ3v) is 9.28. The van der Waals surface area contributed by atoms with Crippen molar-refractivity contribution in [2.75, 3.05) is 29.5 Å². The zero-order valence-electron chi connectivity index (χ0n) is 23.7. The molecule has 3 aromatic rings. The Morgan fingerprint density at radius 3 is 2.34 bits per heavy atom. The summed E-state index contributed by atoms with van der Waals surface area (Å²) in [5.74, 6) is -2.88. The van der Waals surface area contributed by atoms with Crippen LogP contribution in [-0.4, -0.2) is 60.9 Å². The van der Waals surface area contributed by atoms with Crippen LogP contribution in [0.4, 0.5) is 27.6 Å². The number of alkyl halides is 4. The number of hydrogen-bond donors (Lipinski definition) is 1. The van der Waals surface area contributed by atoms with Crippen LogP contribution in [0.2, 0.25) is 0 Å². The van der Waals surface area contributed by atoms with E-state index in [4.69, 9.17) is 5.26 Å². The molecule has 1 unspecified atom stereocenters. The van der Waals surface area contributed by atoms with E-state index in [0.717, 1.165) is 22.6 Å². The van der Waals surface area contributed by atoms with Gasteiger partial charge in [0.25, 0.3) is 6.43 Å². The summed E-state index contributed by atoms with van der Waals surface area (Å²) in [7, 11) is -0.760. The van der Waals surface area contributed by atoms with Gasteiger partial charge in [-0.15, -0.1) is 0 Å². The summed E-state index contributed by atoms with van der Waals surface area (Å²) in [6.07, 6.45) is 1.21. The Hall–Kier alpha value is -3.86. The highest BCUT2D eigenvalue weighted by molar-refractivity contribution is 7.85. The van der Waals surface area contributed by atoms with Crippen molar-refractivity contribution in [3.05, 3.63) is 60.3 Å². The second-order valence-corrected chi connectivity index (χ2v) is 12.9. The molecule has 1 saturated heterocycles. The Kier molecular flexibility index (Phi) is 9.34. The van der Waals surface area contributed by atoms with Crippen LogP contribution in [0.5, 0.6) is 0 Å². The van der Waals surface area contributed by atoms with E-state index in [9.17, 15) is 31.0 Å². The van der Waals surface area contributed by atoms with Crippen molar-refractivity contribution in [3.63, 3.8) is 0 Å². The fraction of sp³-hybridized carbons (Fsp3) is 0.467. The molecular formula is C30H31F5N6O2S. The largest absolute Gasteiger partial charge is 0.370 e. The van der Waals surface area contributed by atoms with Gasteiger partial charge < -0.3 is 10.2 Å². The van der Waals surface area contributed by atoms with Crippen molar-refractivity contribution in [1.29, 1.82) is 5.26 Å². The van der Waals surface area contributed by atoms with E-state index in [0.29, 0.717) is 61.4 Å². The molecule has 1 amide bonds. The molecule has 1 aromatic carbocycles. The molecule has 6 rings (SSSR count). The van der Waals surface area contributed by atoms with E-state index in [-0.39, 0.29) is 30.3 Å². The quantitative estimate of drug-likeness (QED) is 0.356. The fourth-order valence-corrected chi connectivity index (χ4v) is 6.39. The number of pyridine rings is 1. The number of aromatic nitrogens is 3. The van der Waals surface area contributed by atoms with Gasteiger partial charge in [-0.25, -0.2) is 31.6 Å². The summed E-state index contributed by atoms with van der Waals surface area (Å²) in [6.45, 7) is 1.42. The van der Waals surface area contributed by atoms with Crippen LogP contribution in [0.3, 0.4) is 0 Å². The smallest absolute Gasteiger partial charge is 0.281 e. The molecule has 0 radical (unpaired) electrons. The van der Waals surface area contributed by atoms with E-state index in [1.165, 1.54) is 12.3 Å². The molecule has 2 aliphatic carbocycles. The first-order valence-corrected chi connectivity index (χ1v) is 15.8. The Morgan fingerprint density at radius 2 is 1.77 bits per heavy atom. The average Bonchev–Trinajstić information content (AvgIpc) is 3.63. The van der Waals surface area contributed by atoms with Gasteiger partial charge in [0.2, 0.25) is 11.8 Å². The molecule has 1 atom stereocenters. The van der Waals surface area contributed by atoms with E-state index in [1.54, 1.807) is 12.1 Å². The maximum absolute atomic E-state index is 13.8. The molecule has 0 spiro atoms. The number of amides is 1. The number of nitrogens with zero attached hydrogens (tertiary/aromatic N) is 5. The molecule has 44 heavy (non-hydrogen) atoms. The van der Waals surface area contributed by atoms with Gasteiger partial charge in [-0.05, 0) is 55.5 Å². The Labute approximate surface area is 253 Å². The van der Waals surface area contributed by atoms with Crippen molar-refractivity contribution in [2.45, 2.75) is 56.4 Å². The van der Waals surface area contributed by atoms with Gasteiger partial charge in [-0.3, -0.25) is 9.00 Å². The van der Waals surface area contributed by atoms with Crippen molar-refractivity contribution in [3.8, 4) is 23.0 Å². The second-order valence-electron chi connectivity index (χ2n) is 11.2. The third kappa shape index (κ3) is 7.43. The molecule has 8 nitrogen and oxygen atoms in total. The minimum absolute atomic E-state index is 0.125. The molecule has 1 aliphatic heterocycles. The Morgan fingerprint density at radius 1 is 1.07 bits per heavy atom. The molecule has 2 saturated carbocycles. The summed E-state index contributed by atoms with van der Waals surface area (Å²) in [5.41, 5.74) is 0.830. The van der Waals surface area contributed by atoms with Crippen LogP contribution in [0.15, 0.2) is 48.8 Å². The predicted molar refractivity (Wildman–Crippen MR) is 154 cm³/mol. The first kappa shape index (κ1) is 31.6. The number of anilines is 1. The maximum atomic E-state index is 13.8. The lowest BCUT2D eigenvalue weighted by atomic mass is 9.86. The number of benzene rings is 1. The summed E-state index contributed by atoms with van der Waals surface area (Å²) in [4.78, 5) is 17.7. The fourth-order valence-electron chi connectivity index (χ4n) is 5.34. The van der Waals surface area contributed by atoms with Crippen LogP contribution < -0.4 is 10.2 Å². The van der Waals surface area contributed by atoms with Crippen LogP contribution >= 0.6 is 0 Å². The number of hydrogen-bond acceptors (Lipinski definition) is 6. The standard InChI is InChI=1S/C19H17F3N4OS.C11H14F2N2O/c20-14-3-6-17(23-11-14)26-18(19(21)22)16(12-24-26)13-1-4-15(5-2-13)25-7-9-28(27)10-8-25;12-11(13)3-1-2-8(6-11)9(16)15-10(7-14)4-5-10/h1-6,11-12,19H,7-10H2;8H,1-6H2,(H,15,16). The van der Waals surface area contributed by atoms with Crippen molar-refractivity contribution in [2.24, 2.45) is 5.92 Å². The number of nitriles is 1. The monoisotopic (exact) mass is 634 g/mol. The molecule has 0 bridgehead atoms. The topological polar surface area (TPSA) is 104 Å². The van der Waals surface area contributed by atoms with Crippen LogP contribution in [0.1, 0.15) is 50.6 Å². The van der Waals surface area contributed by atoms with Crippen molar-refractivity contribution >= 4 is 22.4 Å². The van der Waals surface area contributed by atoms with Gasteiger partial charge in [0.1, 0.15) is 17.1 Å². The molecule has 14 heteroatoms. The number of nitrogens with one attached hydrogen (secondary N) is 1. The number of rotatable bonds is 6. The first-order chi connectivity index (χ1) is 21.0. The Balaban J connectivity index is 0.000000204. The highest BCUT2D eigenvalue weighted by Gasteiger charge is 2.47. The molecule has 2 aromatic heterocycles. The summed E-state index contributed by atoms with van der Waals surface area (Å²) < 4.78 is 79.4. The van der Waals surface area contributed by atoms with E-state index in [1.807, 2.05) is 18.2 Å². The molecule has 234 valence electrons. The first-order valence-electron chi connectivity index (χ1n) is 14.3. The minimum Gasteiger partial charge on any atom is -0.370 e. The van der Waals surface area contributed by atoms with Crippen LogP contribution in [0.25, 0.3) is 16.9 Å². The van der Waals surface area contributed by atoms with Gasteiger partial charge in [0.05, 0.1) is 18.5 Å². The van der Waals surface area contributed by atoms with Gasteiger partial charge in [0, 0.05) is 65.4 Å². The minimum atomic E-state index is -2.78. The van der Waals surface area contributed by atoms with Gasteiger partial charge >= 0.3 is 0 Å². The van der Waals surface area contributed by atoms with Crippen LogP contribution in [0, 0.1) is 23.1 Å². The summed E-state index contributed by atoms with van der Waals surface area (Å²) in [5, 5.41) is 15.4. The zero-order valence-corrected chi connectivity index (χ0v) is 24.5. The normalized spacial score (nSPS) is 20.8. The average molecular weight is 635 g/mol. The molecular weight excluding hydrogens is 603 g/mol. The lowest BCUT2D eigenvalue weighted by Crippen LogP contribution is -2.43. The van der Waals surface area contributed by atoms with Gasteiger partial charge in [0.15, 0.2) is 5.82 Å². The molecule has 3 fully saturated rings. The van der Waals surface area contributed by atoms with Gasteiger partial charge in [-0.2, -0.15) is 10.4 Å². The van der Waals surface area contributed by atoms with E-state index in [2.05, 4.69) is 20.3 Å². The van der Waals surface area contributed by atoms with Gasteiger partial charge in [-0.1, -0.05) is 12.1 Å². The molecule has 3 aliphatic rings. The lowest BCUT2D eigenvalue weighted by Gasteiger charge is -2.28. The highest BCUT2D eigenvalue weighted by atomic mass is 32.2. The van der Waals surface area contributed by atoms with Crippen LogP contribution in [-0.2, 0) is 15.6 Å². The molecule has 1 N–H and O–H groups in total. The lowest BCUT2D eigenvalue weighted by molar-refractivity contribution is -0.132. The molecule has 3 heterocycles. The predicted octanol–water partition coefficient (Wildman–Crippen LogP) is 5.56. The van der Waals surface area contributed by atoms with E-state index < -0.39 is 40.4 Å². The summed E-state index contributed by atoms with van der Waals surface area (Å²) in [6, 6.07) is 11.8. The maximum Gasteiger partial charge on any atom is 0.281 e. The highest BCUT2D eigenvalue weighted by Crippen LogP contribution is 2.39. The second kappa shape index (κ2) is 13.0. The third-order valence-electron chi connectivity index (χ3n) is 8.00. The SMILES string of the molecule is N#CC1(NC(=O)C2CCCC(F)(F)C2)CC1.O=S1CCN(c2ccc(-c3cnn(-c4ccc(F)cn4)c3C(F)F)cc2)CC1. The Bertz CT molecular complexity index is 1530. The van der Waals surface area contributed by atoms with Crippen molar-refractivity contribution < 1.29 is 31.0 Å².